The number of H-pyrrole nitrogens is 1. The van der Waals surface area contributed by atoms with Gasteiger partial charge in [-0.05, 0) is 17.7 Å². The molecule has 3 N–H and O–H groups in total. The lowest BCUT2D eigenvalue weighted by molar-refractivity contribution is -0.118. The molecule has 10 nitrogen and oxygen atoms in total. The third-order valence-corrected chi connectivity index (χ3v) is 3.59. The molecule has 2 amide bonds. The Morgan fingerprint density at radius 1 is 1.36 bits per heavy atom. The Bertz CT molecular complexity index is 1070. The van der Waals surface area contributed by atoms with E-state index in [2.05, 4.69) is 25.8 Å². The minimum absolute atomic E-state index is 0. The van der Waals surface area contributed by atoms with E-state index in [1.54, 1.807) is 18.2 Å². The van der Waals surface area contributed by atoms with Crippen molar-refractivity contribution in [3.8, 4) is 5.75 Å². The standard InChI is InChI=1S/C15H11N5O5.3H2/c21-11-6-24-10-2-1-7(3-9(10)18-11)4-16-14(23)12-19-13(22)8-5-17-25-15(8)20-12;;;/h1-3,5H,4,6H2,(H,16,23)(H,18,21)(H,19,20,22);3*1H. The summed E-state index contributed by atoms with van der Waals surface area (Å²) in [6.45, 7) is 0.145. The number of rotatable bonds is 3. The average Bonchev–Trinajstić information content (AvgIpc) is 3.08. The van der Waals surface area contributed by atoms with Gasteiger partial charge >= 0.3 is 0 Å². The molecule has 10 heteroatoms. The molecular formula is C15H17N5O5. The number of hydrogen-bond donors (Lipinski definition) is 3. The minimum atomic E-state index is -0.576. The number of nitrogens with zero attached hydrogens (tertiary/aromatic N) is 2. The Morgan fingerprint density at radius 2 is 2.24 bits per heavy atom. The molecule has 0 bridgehead atoms. The molecule has 4 rings (SSSR count). The van der Waals surface area contributed by atoms with Crippen LogP contribution in [-0.4, -0.2) is 33.5 Å². The lowest BCUT2D eigenvalue weighted by Gasteiger charge is -2.18. The van der Waals surface area contributed by atoms with Gasteiger partial charge in [0.2, 0.25) is 5.82 Å². The number of benzene rings is 1. The smallest absolute Gasteiger partial charge is 0.287 e. The SMILES string of the molecule is O=C1COc2ccc(CNC(=O)c3nc4oncc4c(=O)[nH]3)cc2N1.[HH].[HH].[HH]. The highest BCUT2D eigenvalue weighted by Gasteiger charge is 2.17. The molecule has 0 atom stereocenters. The van der Waals surface area contributed by atoms with Gasteiger partial charge in [0.1, 0.15) is 11.1 Å². The van der Waals surface area contributed by atoms with Gasteiger partial charge in [-0.15, -0.1) is 0 Å². The van der Waals surface area contributed by atoms with Crippen molar-refractivity contribution in [2.24, 2.45) is 0 Å². The average molecular weight is 347 g/mol. The summed E-state index contributed by atoms with van der Waals surface area (Å²) in [5.41, 5.74) is 0.756. The van der Waals surface area contributed by atoms with Crippen LogP contribution < -0.4 is 20.9 Å². The van der Waals surface area contributed by atoms with Crippen LogP contribution in [0.4, 0.5) is 5.69 Å². The largest absolute Gasteiger partial charge is 0.482 e. The van der Waals surface area contributed by atoms with Crippen LogP contribution in [0.5, 0.6) is 5.75 Å². The molecule has 0 aliphatic carbocycles. The van der Waals surface area contributed by atoms with E-state index in [1.807, 2.05) is 0 Å². The van der Waals surface area contributed by atoms with E-state index in [1.165, 1.54) is 6.20 Å². The predicted octanol–water partition coefficient (Wildman–Crippen LogP) is 0.910. The van der Waals surface area contributed by atoms with E-state index >= 15 is 0 Å². The third-order valence-electron chi connectivity index (χ3n) is 3.59. The van der Waals surface area contributed by atoms with E-state index in [9.17, 15) is 14.4 Å². The number of hydrogen-bond acceptors (Lipinski definition) is 7. The molecule has 132 valence electrons. The number of carbonyl (C=O) groups excluding carboxylic acids is 2. The molecule has 25 heavy (non-hydrogen) atoms. The molecule has 3 aromatic rings. The highest BCUT2D eigenvalue weighted by Crippen LogP contribution is 2.28. The normalized spacial score (nSPS) is 13.0. The van der Waals surface area contributed by atoms with Crippen molar-refractivity contribution >= 4 is 28.6 Å². The number of nitrogens with one attached hydrogen (secondary N) is 3. The number of fused-ring (bicyclic) bond motifs is 2. The molecular weight excluding hydrogens is 330 g/mol. The van der Waals surface area contributed by atoms with Crippen LogP contribution in [0.2, 0.25) is 0 Å². The number of aromatic nitrogens is 3. The van der Waals surface area contributed by atoms with Crippen molar-refractivity contribution in [1.82, 2.24) is 20.4 Å². The monoisotopic (exact) mass is 347 g/mol. The molecule has 1 aliphatic heterocycles. The first-order valence-corrected chi connectivity index (χ1v) is 7.28. The van der Waals surface area contributed by atoms with Crippen LogP contribution >= 0.6 is 0 Å². The number of amides is 2. The second-order valence-electron chi connectivity index (χ2n) is 5.31. The first kappa shape index (κ1) is 14.9. The molecule has 2 aromatic heterocycles. The Kier molecular flexibility index (Phi) is 3.42. The first-order valence-electron chi connectivity index (χ1n) is 7.28. The van der Waals surface area contributed by atoms with Crippen molar-refractivity contribution in [2.75, 3.05) is 11.9 Å². The lowest BCUT2D eigenvalue weighted by atomic mass is 10.1. The van der Waals surface area contributed by atoms with Crippen LogP contribution in [0, 0.1) is 0 Å². The quantitative estimate of drug-likeness (QED) is 0.640. The molecule has 0 unspecified atom stereocenters. The van der Waals surface area contributed by atoms with Crippen LogP contribution in [0.25, 0.3) is 11.1 Å². The Morgan fingerprint density at radius 3 is 3.12 bits per heavy atom. The molecule has 0 saturated heterocycles. The summed E-state index contributed by atoms with van der Waals surface area (Å²) >= 11 is 0. The van der Waals surface area contributed by atoms with Gasteiger partial charge in [0.15, 0.2) is 6.61 Å². The van der Waals surface area contributed by atoms with Crippen LogP contribution in [0.1, 0.15) is 20.5 Å². The van der Waals surface area contributed by atoms with Crippen molar-refractivity contribution < 1.29 is 23.1 Å². The van der Waals surface area contributed by atoms with Crippen LogP contribution in [-0.2, 0) is 11.3 Å². The van der Waals surface area contributed by atoms with Crippen LogP contribution in [0.3, 0.4) is 0 Å². The van der Waals surface area contributed by atoms with Crippen molar-refractivity contribution in [3.05, 3.63) is 46.1 Å². The molecule has 0 radical (unpaired) electrons. The molecule has 0 spiro atoms. The maximum atomic E-state index is 12.2. The molecule has 3 heterocycles. The van der Waals surface area contributed by atoms with Gasteiger partial charge in [-0.1, -0.05) is 11.2 Å². The van der Waals surface area contributed by atoms with Gasteiger partial charge in [0.25, 0.3) is 23.1 Å². The number of aromatic amines is 1. The summed E-state index contributed by atoms with van der Waals surface area (Å²) in [7, 11) is 0. The zero-order valence-electron chi connectivity index (χ0n) is 12.7. The summed E-state index contributed by atoms with van der Waals surface area (Å²) in [6, 6.07) is 5.16. The molecule has 0 saturated carbocycles. The maximum Gasteiger partial charge on any atom is 0.287 e. The van der Waals surface area contributed by atoms with Gasteiger partial charge in [-0.25, -0.2) is 0 Å². The third kappa shape index (κ3) is 2.80. The van der Waals surface area contributed by atoms with Crippen LogP contribution in [0.15, 0.2) is 33.7 Å². The zero-order chi connectivity index (χ0) is 17.4. The van der Waals surface area contributed by atoms with Gasteiger partial charge in [0.05, 0.1) is 11.9 Å². The van der Waals surface area contributed by atoms with Gasteiger partial charge in [-0.2, -0.15) is 4.98 Å². The van der Waals surface area contributed by atoms with E-state index in [-0.39, 0.29) is 40.3 Å². The molecule has 0 fully saturated rings. The maximum absolute atomic E-state index is 12.2. The van der Waals surface area contributed by atoms with Crippen molar-refractivity contribution in [3.63, 3.8) is 0 Å². The summed E-state index contributed by atoms with van der Waals surface area (Å²) in [5.74, 6) is -0.426. The number of anilines is 1. The van der Waals surface area contributed by atoms with Gasteiger partial charge < -0.3 is 24.9 Å². The Labute approximate surface area is 143 Å². The summed E-state index contributed by atoms with van der Waals surface area (Å²) in [5, 5.41) is 8.95. The predicted molar refractivity (Wildman–Crippen MR) is 90.5 cm³/mol. The topological polar surface area (TPSA) is 139 Å². The fraction of sp³-hybridized carbons (Fsp3) is 0.133. The van der Waals surface area contributed by atoms with Gasteiger partial charge in [-0.3, -0.25) is 14.4 Å². The van der Waals surface area contributed by atoms with E-state index in [0.29, 0.717) is 11.4 Å². The highest BCUT2D eigenvalue weighted by atomic mass is 16.5. The minimum Gasteiger partial charge on any atom is -0.482 e. The lowest BCUT2D eigenvalue weighted by Crippen LogP contribution is -2.28. The fourth-order valence-corrected chi connectivity index (χ4v) is 2.39. The van der Waals surface area contributed by atoms with Crippen molar-refractivity contribution in [1.29, 1.82) is 0 Å². The summed E-state index contributed by atoms with van der Waals surface area (Å²) in [4.78, 5) is 41.6. The molecule has 1 aromatic carbocycles. The zero-order valence-corrected chi connectivity index (χ0v) is 12.7. The van der Waals surface area contributed by atoms with E-state index in [4.69, 9.17) is 9.26 Å². The van der Waals surface area contributed by atoms with Crippen molar-refractivity contribution in [2.45, 2.75) is 6.54 Å². The number of carbonyl (C=O) groups is 2. The highest BCUT2D eigenvalue weighted by molar-refractivity contribution is 5.95. The van der Waals surface area contributed by atoms with E-state index in [0.717, 1.165) is 5.56 Å². The first-order chi connectivity index (χ1) is 12.1. The molecule has 1 aliphatic rings. The van der Waals surface area contributed by atoms with Gasteiger partial charge in [0, 0.05) is 10.8 Å². The summed E-state index contributed by atoms with van der Waals surface area (Å²) in [6.07, 6.45) is 1.23. The Hall–Kier alpha value is -3.69. The fourth-order valence-electron chi connectivity index (χ4n) is 2.39. The number of ether oxygens (including phenoxy) is 1. The Balaban J connectivity index is 0.00000131. The summed E-state index contributed by atoms with van der Waals surface area (Å²) < 4.78 is 10.1. The van der Waals surface area contributed by atoms with E-state index < -0.39 is 11.5 Å². The second-order valence-corrected chi connectivity index (χ2v) is 5.31. The second kappa shape index (κ2) is 5.74.